The van der Waals surface area contributed by atoms with Crippen LogP contribution in [0, 0.1) is 10.1 Å². The lowest BCUT2D eigenvalue weighted by molar-refractivity contribution is -0.384. The quantitative estimate of drug-likeness (QED) is 0.487. The molecule has 7 heteroatoms. The van der Waals surface area contributed by atoms with Crippen molar-refractivity contribution in [2.45, 2.75) is 13.8 Å². The van der Waals surface area contributed by atoms with Crippen LogP contribution in [0.5, 0.6) is 0 Å². The number of nitrogens with zero attached hydrogens (tertiary/aromatic N) is 1. The molecule has 1 aromatic rings. The fourth-order valence-electron chi connectivity index (χ4n) is 1.25. The number of hydrogen-bond acceptors (Lipinski definition) is 4. The molecule has 0 aliphatic carbocycles. The monoisotopic (exact) mass is 263 g/mol. The van der Waals surface area contributed by atoms with Crippen LogP contribution in [0.3, 0.4) is 0 Å². The lowest BCUT2D eigenvalue weighted by Gasteiger charge is -2.05. The summed E-state index contributed by atoms with van der Waals surface area (Å²) in [6.07, 6.45) is 1.31. The van der Waals surface area contributed by atoms with Gasteiger partial charge < -0.3 is 0 Å². The molecule has 0 aliphatic rings. The van der Waals surface area contributed by atoms with Gasteiger partial charge in [0.1, 0.15) is 0 Å². The first-order chi connectivity index (χ1) is 8.90. The molecule has 0 bridgehead atoms. The predicted octanol–water partition coefficient (Wildman–Crippen LogP) is 1.32. The summed E-state index contributed by atoms with van der Waals surface area (Å²) < 4.78 is 0. The highest BCUT2D eigenvalue weighted by atomic mass is 16.6. The van der Waals surface area contributed by atoms with Crippen LogP contribution in [0.15, 0.2) is 35.9 Å². The highest BCUT2D eigenvalue weighted by molar-refractivity contribution is 5.97. The Bertz CT molecular complexity index is 548. The average molecular weight is 263 g/mol. The van der Waals surface area contributed by atoms with Crippen molar-refractivity contribution in [2.75, 3.05) is 0 Å². The maximum atomic E-state index is 11.6. The largest absolute Gasteiger partial charge is 0.270 e. The Morgan fingerprint density at radius 2 is 1.95 bits per heavy atom. The number of rotatable bonds is 3. The molecule has 1 aromatic carbocycles. The SMILES string of the molecule is CC(C)=CC(=O)NNC(=O)c1cccc([N+](=O)[O-])c1. The van der Waals surface area contributed by atoms with Gasteiger partial charge in [-0.25, -0.2) is 0 Å². The number of hydrazine groups is 1. The van der Waals surface area contributed by atoms with Crippen LogP contribution in [0.25, 0.3) is 0 Å². The van der Waals surface area contributed by atoms with E-state index in [0.29, 0.717) is 0 Å². The number of carbonyl (C=O) groups is 2. The molecule has 100 valence electrons. The summed E-state index contributed by atoms with van der Waals surface area (Å²) in [7, 11) is 0. The molecule has 1 rings (SSSR count). The summed E-state index contributed by atoms with van der Waals surface area (Å²) in [6, 6.07) is 5.21. The van der Waals surface area contributed by atoms with Gasteiger partial charge in [0.25, 0.3) is 17.5 Å². The van der Waals surface area contributed by atoms with Crippen molar-refractivity contribution < 1.29 is 14.5 Å². The Kier molecular flexibility index (Phi) is 4.76. The number of amides is 2. The molecule has 2 amide bonds. The fraction of sp³-hybridized carbons (Fsp3) is 0.167. The normalized spacial score (nSPS) is 9.37. The van der Waals surface area contributed by atoms with Gasteiger partial charge in [0, 0.05) is 23.8 Å². The van der Waals surface area contributed by atoms with Crippen LogP contribution in [-0.2, 0) is 4.79 Å². The number of nitro benzene ring substituents is 1. The summed E-state index contributed by atoms with van der Waals surface area (Å²) in [4.78, 5) is 32.9. The minimum Gasteiger partial charge on any atom is -0.268 e. The molecule has 0 atom stereocenters. The predicted molar refractivity (Wildman–Crippen MR) is 68.1 cm³/mol. The van der Waals surface area contributed by atoms with Gasteiger partial charge in [0.2, 0.25) is 0 Å². The average Bonchev–Trinajstić information content (AvgIpc) is 2.35. The van der Waals surface area contributed by atoms with E-state index in [9.17, 15) is 19.7 Å². The maximum Gasteiger partial charge on any atom is 0.270 e. The topological polar surface area (TPSA) is 101 Å². The van der Waals surface area contributed by atoms with E-state index in [4.69, 9.17) is 0 Å². The van der Waals surface area contributed by atoms with Crippen molar-refractivity contribution >= 4 is 17.5 Å². The van der Waals surface area contributed by atoms with E-state index in [2.05, 4.69) is 10.9 Å². The molecule has 0 unspecified atom stereocenters. The molecule has 0 fully saturated rings. The van der Waals surface area contributed by atoms with Crippen molar-refractivity contribution in [3.63, 3.8) is 0 Å². The number of non-ortho nitro benzene ring substituents is 1. The fourth-order valence-corrected chi connectivity index (χ4v) is 1.25. The minimum absolute atomic E-state index is 0.0895. The van der Waals surface area contributed by atoms with E-state index < -0.39 is 16.7 Å². The first-order valence-electron chi connectivity index (χ1n) is 5.40. The van der Waals surface area contributed by atoms with E-state index in [-0.39, 0.29) is 11.3 Å². The van der Waals surface area contributed by atoms with Crippen molar-refractivity contribution in [2.24, 2.45) is 0 Å². The smallest absolute Gasteiger partial charge is 0.268 e. The van der Waals surface area contributed by atoms with Gasteiger partial charge in [-0.2, -0.15) is 0 Å². The van der Waals surface area contributed by atoms with Crippen LogP contribution < -0.4 is 10.9 Å². The highest BCUT2D eigenvalue weighted by Gasteiger charge is 2.11. The highest BCUT2D eigenvalue weighted by Crippen LogP contribution is 2.12. The summed E-state index contributed by atoms with van der Waals surface area (Å²) in [5.41, 5.74) is 5.02. The second-order valence-corrected chi connectivity index (χ2v) is 3.97. The minimum atomic E-state index is -0.626. The number of allylic oxidation sites excluding steroid dienone is 1. The molecule has 2 N–H and O–H groups in total. The van der Waals surface area contributed by atoms with E-state index >= 15 is 0 Å². The van der Waals surface area contributed by atoms with Crippen LogP contribution >= 0.6 is 0 Å². The molecule has 0 spiro atoms. The van der Waals surface area contributed by atoms with Crippen molar-refractivity contribution in [1.29, 1.82) is 0 Å². The molecule has 0 saturated carbocycles. The molecule has 0 aliphatic heterocycles. The van der Waals surface area contributed by atoms with Gasteiger partial charge in [-0.3, -0.25) is 30.6 Å². The third-order valence-electron chi connectivity index (χ3n) is 2.04. The maximum absolute atomic E-state index is 11.6. The standard InChI is InChI=1S/C12H13N3O4/c1-8(2)6-11(16)13-14-12(17)9-4-3-5-10(7-9)15(18)19/h3-7H,1-2H3,(H,13,16)(H,14,17). The van der Waals surface area contributed by atoms with Gasteiger partial charge in [-0.05, 0) is 19.9 Å². The Morgan fingerprint density at radius 3 is 2.53 bits per heavy atom. The summed E-state index contributed by atoms with van der Waals surface area (Å²) >= 11 is 0. The van der Waals surface area contributed by atoms with E-state index in [1.54, 1.807) is 13.8 Å². The Labute approximate surface area is 109 Å². The van der Waals surface area contributed by atoms with Crippen molar-refractivity contribution in [1.82, 2.24) is 10.9 Å². The lowest BCUT2D eigenvalue weighted by Crippen LogP contribution is -2.40. The van der Waals surface area contributed by atoms with Gasteiger partial charge in [0.15, 0.2) is 0 Å². The van der Waals surface area contributed by atoms with Gasteiger partial charge in [0.05, 0.1) is 4.92 Å². The van der Waals surface area contributed by atoms with E-state index in [1.807, 2.05) is 0 Å². The van der Waals surface area contributed by atoms with Gasteiger partial charge in [-0.1, -0.05) is 11.6 Å². The lowest BCUT2D eigenvalue weighted by atomic mass is 10.2. The second-order valence-electron chi connectivity index (χ2n) is 3.97. The first kappa shape index (κ1) is 14.4. The van der Waals surface area contributed by atoms with Crippen LogP contribution in [0.4, 0.5) is 5.69 Å². The van der Waals surface area contributed by atoms with Crippen molar-refractivity contribution in [3.05, 3.63) is 51.6 Å². The molecule has 0 aromatic heterocycles. The van der Waals surface area contributed by atoms with Gasteiger partial charge in [-0.15, -0.1) is 0 Å². The van der Waals surface area contributed by atoms with Crippen molar-refractivity contribution in [3.8, 4) is 0 Å². The molecule has 0 heterocycles. The molecular weight excluding hydrogens is 250 g/mol. The first-order valence-corrected chi connectivity index (χ1v) is 5.40. The number of nitro groups is 1. The van der Waals surface area contributed by atoms with E-state index in [0.717, 1.165) is 11.6 Å². The Balaban J connectivity index is 2.69. The zero-order valence-electron chi connectivity index (χ0n) is 10.5. The Morgan fingerprint density at radius 1 is 1.26 bits per heavy atom. The number of nitrogens with one attached hydrogen (secondary N) is 2. The van der Waals surface area contributed by atoms with Crippen LogP contribution in [-0.4, -0.2) is 16.7 Å². The summed E-state index contributed by atoms with van der Waals surface area (Å²) in [6.45, 7) is 3.48. The number of hydrogen-bond donors (Lipinski definition) is 2. The zero-order chi connectivity index (χ0) is 14.4. The third-order valence-corrected chi connectivity index (χ3v) is 2.04. The summed E-state index contributed by atoms with van der Waals surface area (Å²) in [5, 5.41) is 10.6. The molecular formula is C12H13N3O4. The molecule has 0 radical (unpaired) electrons. The third kappa shape index (κ3) is 4.58. The Hall–Kier alpha value is -2.70. The zero-order valence-corrected chi connectivity index (χ0v) is 10.5. The van der Waals surface area contributed by atoms with Gasteiger partial charge >= 0.3 is 0 Å². The van der Waals surface area contributed by atoms with Crippen LogP contribution in [0.2, 0.25) is 0 Å². The molecule has 0 saturated heterocycles. The number of benzene rings is 1. The molecule has 19 heavy (non-hydrogen) atoms. The molecule has 7 nitrogen and oxygen atoms in total. The van der Waals surface area contributed by atoms with E-state index in [1.165, 1.54) is 24.3 Å². The summed E-state index contributed by atoms with van der Waals surface area (Å²) in [5.74, 6) is -1.10. The second kappa shape index (κ2) is 6.29. The number of carbonyl (C=O) groups excluding carboxylic acids is 2. The van der Waals surface area contributed by atoms with Crippen LogP contribution in [0.1, 0.15) is 24.2 Å².